The Labute approximate surface area is 180 Å². The van der Waals surface area contributed by atoms with Gasteiger partial charge in [0.05, 0.1) is 10.5 Å². The Bertz CT molecular complexity index is 1020. The maximum atomic E-state index is 13.2. The molecule has 10 heteroatoms. The predicted octanol–water partition coefficient (Wildman–Crippen LogP) is 3.01. The highest BCUT2D eigenvalue weighted by Crippen LogP contribution is 2.30. The van der Waals surface area contributed by atoms with Crippen LogP contribution < -0.4 is 10.0 Å². The van der Waals surface area contributed by atoms with E-state index in [1.54, 1.807) is 23.4 Å². The van der Waals surface area contributed by atoms with E-state index >= 15 is 0 Å². The molecule has 1 unspecified atom stereocenters. The third-order valence-electron chi connectivity index (χ3n) is 5.19. The number of sulfonamides is 1. The molecule has 1 fully saturated rings. The zero-order chi connectivity index (χ0) is 21.9. The van der Waals surface area contributed by atoms with Crippen molar-refractivity contribution in [3.05, 3.63) is 40.9 Å². The number of anilines is 1. The smallest absolute Gasteiger partial charge is 0.339 e. The third kappa shape index (κ3) is 5.05. The van der Waals surface area contributed by atoms with Crippen LogP contribution in [0.5, 0.6) is 0 Å². The lowest BCUT2D eigenvalue weighted by atomic mass is 9.94. The number of nitrogens with two attached hydrogens (primary N) is 1. The molecule has 1 aliphatic rings. The fourth-order valence-electron chi connectivity index (χ4n) is 3.57. The highest BCUT2D eigenvalue weighted by atomic mass is 32.2. The van der Waals surface area contributed by atoms with Crippen LogP contribution in [0.25, 0.3) is 0 Å². The molecule has 2 N–H and O–H groups in total. The molecule has 0 radical (unpaired) electrons. The van der Waals surface area contributed by atoms with E-state index < -0.39 is 22.1 Å². The summed E-state index contributed by atoms with van der Waals surface area (Å²) in [5.74, 6) is -1.12. The number of aromatic nitrogens is 1. The van der Waals surface area contributed by atoms with Crippen molar-refractivity contribution in [3.63, 3.8) is 0 Å². The molecule has 1 atom stereocenters. The zero-order valence-electron chi connectivity index (χ0n) is 16.9. The van der Waals surface area contributed by atoms with Crippen molar-refractivity contribution in [2.45, 2.75) is 63.0 Å². The van der Waals surface area contributed by atoms with Crippen molar-refractivity contribution >= 4 is 38.4 Å². The number of rotatable bonds is 6. The van der Waals surface area contributed by atoms with Crippen LogP contribution in [-0.2, 0) is 19.6 Å². The molecular formula is C20H25N3O5S2. The lowest BCUT2D eigenvalue weighted by Gasteiger charge is -2.33. The number of amides is 1. The number of nitrogens with zero attached hydrogens (tertiary/aromatic N) is 2. The number of hydrogen-bond acceptors (Lipinski definition) is 7. The Morgan fingerprint density at radius 2 is 1.97 bits per heavy atom. The number of benzene rings is 1. The Balaban J connectivity index is 1.80. The first-order valence-electron chi connectivity index (χ1n) is 9.75. The van der Waals surface area contributed by atoms with E-state index in [2.05, 4.69) is 4.98 Å². The maximum Gasteiger partial charge on any atom is 0.339 e. The minimum absolute atomic E-state index is 0.0194. The van der Waals surface area contributed by atoms with Crippen molar-refractivity contribution in [2.24, 2.45) is 5.14 Å². The van der Waals surface area contributed by atoms with E-state index in [1.165, 1.54) is 36.5 Å². The quantitative estimate of drug-likeness (QED) is 0.674. The van der Waals surface area contributed by atoms with Crippen LogP contribution in [0.15, 0.2) is 34.7 Å². The molecule has 1 aliphatic carbocycles. The Kier molecular flexibility index (Phi) is 6.89. The maximum absolute atomic E-state index is 13.2. The monoisotopic (exact) mass is 451 g/mol. The normalized spacial score (nSPS) is 16.1. The summed E-state index contributed by atoms with van der Waals surface area (Å²) in [5, 5.41) is 7.54. The molecule has 2 aromatic rings. The molecule has 0 bridgehead atoms. The second-order valence-corrected chi connectivity index (χ2v) is 9.82. The molecule has 1 heterocycles. The number of carbonyl (C=O) groups excluding carboxylic acids is 2. The van der Waals surface area contributed by atoms with Gasteiger partial charge < -0.3 is 4.74 Å². The average molecular weight is 452 g/mol. The molecule has 0 aliphatic heterocycles. The average Bonchev–Trinajstić information content (AvgIpc) is 3.22. The van der Waals surface area contributed by atoms with E-state index in [9.17, 15) is 18.0 Å². The Morgan fingerprint density at radius 1 is 1.27 bits per heavy atom. The fraction of sp³-hybridized carbons (Fsp3) is 0.450. The van der Waals surface area contributed by atoms with Crippen molar-refractivity contribution in [3.8, 4) is 0 Å². The fourth-order valence-corrected chi connectivity index (χ4v) is 4.83. The van der Waals surface area contributed by atoms with Gasteiger partial charge in [-0.3, -0.25) is 9.69 Å². The summed E-state index contributed by atoms with van der Waals surface area (Å²) in [4.78, 5) is 31.7. The minimum atomic E-state index is -3.97. The number of thiazole rings is 1. The summed E-state index contributed by atoms with van der Waals surface area (Å²) in [7, 11) is -3.97. The first-order chi connectivity index (χ1) is 14.2. The van der Waals surface area contributed by atoms with Gasteiger partial charge in [-0.1, -0.05) is 25.3 Å². The lowest BCUT2D eigenvalue weighted by Crippen LogP contribution is -2.47. The molecule has 1 aromatic heterocycles. The van der Waals surface area contributed by atoms with Crippen molar-refractivity contribution in [2.75, 3.05) is 4.90 Å². The van der Waals surface area contributed by atoms with Gasteiger partial charge in [0, 0.05) is 17.6 Å². The van der Waals surface area contributed by atoms with Crippen LogP contribution in [-0.4, -0.2) is 37.4 Å². The third-order valence-corrected chi connectivity index (χ3v) is 6.87. The number of aryl methyl sites for hydroxylation is 1. The van der Waals surface area contributed by atoms with Crippen LogP contribution in [0.1, 0.15) is 54.9 Å². The first kappa shape index (κ1) is 22.4. The summed E-state index contributed by atoms with van der Waals surface area (Å²) in [6.07, 6.45) is 5.55. The SMILES string of the molecule is Cc1ccc(S(N)(=O)=O)cc1C(=O)OC(C)C(=O)N(c1nccs1)C1CCCCC1. The van der Waals surface area contributed by atoms with E-state index in [0.717, 1.165) is 32.1 Å². The molecule has 1 amide bonds. The first-order valence-corrected chi connectivity index (χ1v) is 12.2. The molecule has 1 aromatic carbocycles. The van der Waals surface area contributed by atoms with Crippen LogP contribution in [0.3, 0.4) is 0 Å². The zero-order valence-corrected chi connectivity index (χ0v) is 18.5. The van der Waals surface area contributed by atoms with Crippen LogP contribution >= 0.6 is 11.3 Å². The molecule has 1 saturated carbocycles. The van der Waals surface area contributed by atoms with Gasteiger partial charge in [0.15, 0.2) is 11.2 Å². The lowest BCUT2D eigenvalue weighted by molar-refractivity contribution is -0.127. The van der Waals surface area contributed by atoms with E-state index in [-0.39, 0.29) is 22.4 Å². The highest BCUT2D eigenvalue weighted by Gasteiger charge is 2.33. The molecule has 0 saturated heterocycles. The van der Waals surface area contributed by atoms with Gasteiger partial charge in [-0.2, -0.15) is 0 Å². The molecule has 162 valence electrons. The summed E-state index contributed by atoms with van der Waals surface area (Å²) >= 11 is 1.37. The van der Waals surface area contributed by atoms with E-state index in [4.69, 9.17) is 9.88 Å². The number of primary sulfonamides is 1. The second kappa shape index (κ2) is 9.23. The molecule has 8 nitrogen and oxygen atoms in total. The highest BCUT2D eigenvalue weighted by molar-refractivity contribution is 7.89. The van der Waals surface area contributed by atoms with Crippen molar-refractivity contribution in [1.29, 1.82) is 0 Å². The summed E-state index contributed by atoms with van der Waals surface area (Å²) < 4.78 is 28.6. The van der Waals surface area contributed by atoms with Crippen LogP contribution in [0.4, 0.5) is 5.13 Å². The standard InChI is InChI=1S/C20H25N3O5S2/c1-13-8-9-16(30(21,26)27)12-17(13)19(25)28-14(2)18(24)23(20-22-10-11-29-20)15-6-4-3-5-7-15/h8-12,14-15H,3-7H2,1-2H3,(H2,21,26,27). The number of hydrogen-bond donors (Lipinski definition) is 1. The van der Waals surface area contributed by atoms with E-state index in [1.807, 2.05) is 0 Å². The van der Waals surface area contributed by atoms with Crippen molar-refractivity contribution < 1.29 is 22.7 Å². The van der Waals surface area contributed by atoms with Gasteiger partial charge >= 0.3 is 5.97 Å². The van der Waals surface area contributed by atoms with Gasteiger partial charge in [-0.05, 0) is 44.4 Å². The number of carbonyl (C=O) groups is 2. The van der Waals surface area contributed by atoms with Gasteiger partial charge in [0.25, 0.3) is 5.91 Å². The van der Waals surface area contributed by atoms with Gasteiger partial charge in [0.1, 0.15) is 0 Å². The van der Waals surface area contributed by atoms with Gasteiger partial charge in [-0.25, -0.2) is 23.3 Å². The van der Waals surface area contributed by atoms with Crippen LogP contribution in [0.2, 0.25) is 0 Å². The topological polar surface area (TPSA) is 120 Å². The van der Waals surface area contributed by atoms with Gasteiger partial charge in [-0.15, -0.1) is 11.3 Å². The predicted molar refractivity (Wildman–Crippen MR) is 114 cm³/mol. The molecule has 3 rings (SSSR count). The van der Waals surface area contributed by atoms with Crippen molar-refractivity contribution in [1.82, 2.24) is 4.98 Å². The molecule has 30 heavy (non-hydrogen) atoms. The Hall–Kier alpha value is -2.30. The molecular weight excluding hydrogens is 426 g/mol. The van der Waals surface area contributed by atoms with Gasteiger partial charge in [0.2, 0.25) is 10.0 Å². The van der Waals surface area contributed by atoms with Crippen LogP contribution in [0, 0.1) is 6.92 Å². The summed E-state index contributed by atoms with van der Waals surface area (Å²) in [6, 6.07) is 3.99. The summed E-state index contributed by atoms with van der Waals surface area (Å²) in [5.41, 5.74) is 0.579. The second-order valence-electron chi connectivity index (χ2n) is 7.38. The largest absolute Gasteiger partial charge is 0.449 e. The number of esters is 1. The summed E-state index contributed by atoms with van der Waals surface area (Å²) in [6.45, 7) is 3.17. The number of ether oxygens (including phenoxy) is 1. The minimum Gasteiger partial charge on any atom is -0.449 e. The molecule has 0 spiro atoms. The Morgan fingerprint density at radius 3 is 2.57 bits per heavy atom. The van der Waals surface area contributed by atoms with E-state index in [0.29, 0.717) is 10.7 Å².